The molecule has 1 amide bonds. The number of nitrogens with zero attached hydrogens (tertiary/aromatic N) is 4. The summed E-state index contributed by atoms with van der Waals surface area (Å²) in [5.74, 6) is -1.23. The van der Waals surface area contributed by atoms with Crippen molar-refractivity contribution < 1.29 is 31.8 Å². The molecule has 14 heteroatoms. The second-order valence-corrected chi connectivity index (χ2v) is 8.22. The van der Waals surface area contributed by atoms with Crippen molar-refractivity contribution in [3.63, 3.8) is 0 Å². The number of alkyl halides is 3. The molecule has 0 fully saturated rings. The first kappa shape index (κ1) is 26.0. The molecule has 0 bridgehead atoms. The van der Waals surface area contributed by atoms with Crippen LogP contribution in [0.25, 0.3) is 16.6 Å². The smallest absolute Gasteiger partial charge is 0.461 e. The van der Waals surface area contributed by atoms with Crippen molar-refractivity contribution in [2.75, 3.05) is 30.4 Å². The highest BCUT2D eigenvalue weighted by molar-refractivity contribution is 6.13. The van der Waals surface area contributed by atoms with Gasteiger partial charge in [-0.15, -0.1) is 13.2 Å². The molecule has 0 radical (unpaired) electrons. The van der Waals surface area contributed by atoms with Gasteiger partial charge in [-0.1, -0.05) is 0 Å². The van der Waals surface area contributed by atoms with E-state index in [0.29, 0.717) is 23.3 Å². The number of aryl methyl sites for hydroxylation is 1. The molecular formula is C23H23F4N7O3. The number of pyridine rings is 1. The summed E-state index contributed by atoms with van der Waals surface area (Å²) >= 11 is 0. The number of benzene rings is 1. The highest BCUT2D eigenvalue weighted by atomic mass is 19.4. The second kappa shape index (κ2) is 10.5. The Balaban J connectivity index is 1.64. The minimum absolute atomic E-state index is 0.0995. The first-order valence-electron chi connectivity index (χ1n) is 11.1. The topological polar surface area (TPSA) is 129 Å². The Hall–Kier alpha value is -4.04. The molecule has 4 rings (SSSR count). The fourth-order valence-corrected chi connectivity index (χ4v) is 3.52. The minimum Gasteiger partial charge on any atom is -0.461 e. The number of amides is 1. The number of hydrogen-bond donors (Lipinski definition) is 3. The standard InChI is InChI=1S/C23H23F4N7O3/c1-12(28)8-29-18-4-3-15(19-16(18)9-30-22(33-19)36-5-6-37-23(25,26)27)21(35)32-14-7-17(24)20-31-13(2)10-34(20)11-14/h3-4,7,9-12,29H,5-6,8,28H2,1-2H3,(H,32,35)/t12-/m1/s1. The maximum atomic E-state index is 14.5. The van der Waals surface area contributed by atoms with Gasteiger partial charge >= 0.3 is 12.4 Å². The number of carbonyl (C=O) groups is 1. The SMILES string of the molecule is Cc1cn2cc(NC(=O)c3ccc(NC[C@@H](C)N)c4cnc(OCCOC(F)(F)F)nc34)cc(F)c2n1. The van der Waals surface area contributed by atoms with Crippen molar-refractivity contribution in [1.29, 1.82) is 0 Å². The Bertz CT molecular complexity index is 1440. The molecular weight excluding hydrogens is 498 g/mol. The molecule has 4 aromatic rings. The van der Waals surface area contributed by atoms with Crippen molar-refractivity contribution in [3.05, 3.63) is 53.9 Å². The van der Waals surface area contributed by atoms with Gasteiger partial charge < -0.3 is 25.5 Å². The van der Waals surface area contributed by atoms with Crippen LogP contribution in [0.5, 0.6) is 6.01 Å². The normalized spacial score (nSPS) is 12.6. The van der Waals surface area contributed by atoms with Crippen LogP contribution in [0.4, 0.5) is 28.9 Å². The average Bonchev–Trinajstić information content (AvgIpc) is 3.20. The summed E-state index contributed by atoms with van der Waals surface area (Å²) in [5.41, 5.74) is 7.56. The number of nitrogens with two attached hydrogens (primary N) is 1. The summed E-state index contributed by atoms with van der Waals surface area (Å²) in [6, 6.07) is 3.86. The summed E-state index contributed by atoms with van der Waals surface area (Å²) in [6.45, 7) is 2.69. The Morgan fingerprint density at radius 3 is 2.73 bits per heavy atom. The van der Waals surface area contributed by atoms with Crippen LogP contribution < -0.4 is 21.1 Å². The molecule has 0 saturated carbocycles. The van der Waals surface area contributed by atoms with Gasteiger partial charge in [0.2, 0.25) is 0 Å². The number of anilines is 2. The van der Waals surface area contributed by atoms with Crippen LogP contribution in [0, 0.1) is 12.7 Å². The number of aromatic nitrogens is 4. The van der Waals surface area contributed by atoms with Gasteiger partial charge in [-0.25, -0.2) is 14.4 Å². The van der Waals surface area contributed by atoms with Gasteiger partial charge in [0, 0.05) is 48.3 Å². The van der Waals surface area contributed by atoms with Gasteiger partial charge in [-0.05, 0) is 26.0 Å². The van der Waals surface area contributed by atoms with E-state index in [1.807, 2.05) is 0 Å². The van der Waals surface area contributed by atoms with Gasteiger partial charge in [-0.3, -0.25) is 9.53 Å². The molecule has 3 heterocycles. The fourth-order valence-electron chi connectivity index (χ4n) is 3.52. The van der Waals surface area contributed by atoms with E-state index in [4.69, 9.17) is 10.5 Å². The largest absolute Gasteiger partial charge is 0.522 e. The van der Waals surface area contributed by atoms with Crippen molar-refractivity contribution in [1.82, 2.24) is 19.4 Å². The number of fused-ring (bicyclic) bond motifs is 2. The summed E-state index contributed by atoms with van der Waals surface area (Å²) in [7, 11) is 0. The van der Waals surface area contributed by atoms with E-state index in [9.17, 15) is 22.4 Å². The Morgan fingerprint density at radius 1 is 1.22 bits per heavy atom. The molecule has 0 aliphatic heterocycles. The molecule has 3 aromatic heterocycles. The highest BCUT2D eigenvalue weighted by Crippen LogP contribution is 2.27. The lowest BCUT2D eigenvalue weighted by Gasteiger charge is -2.15. The zero-order valence-corrected chi connectivity index (χ0v) is 19.8. The number of imidazole rings is 1. The molecule has 0 spiro atoms. The molecule has 196 valence electrons. The van der Waals surface area contributed by atoms with Gasteiger partial charge in [0.1, 0.15) is 6.61 Å². The van der Waals surface area contributed by atoms with Crippen LogP contribution in [-0.2, 0) is 4.74 Å². The molecule has 10 nitrogen and oxygen atoms in total. The quantitative estimate of drug-likeness (QED) is 0.225. The summed E-state index contributed by atoms with van der Waals surface area (Å²) < 4.78 is 61.4. The van der Waals surface area contributed by atoms with E-state index in [1.54, 1.807) is 26.1 Å². The third-order valence-corrected chi connectivity index (χ3v) is 5.05. The summed E-state index contributed by atoms with van der Waals surface area (Å²) in [6.07, 6.45) is -0.289. The van der Waals surface area contributed by atoms with Crippen molar-refractivity contribution in [3.8, 4) is 6.01 Å². The maximum Gasteiger partial charge on any atom is 0.522 e. The van der Waals surface area contributed by atoms with Gasteiger partial charge in [0.05, 0.1) is 29.1 Å². The van der Waals surface area contributed by atoms with E-state index in [1.165, 1.54) is 22.9 Å². The number of halogens is 4. The number of carbonyl (C=O) groups excluding carboxylic acids is 1. The van der Waals surface area contributed by atoms with Crippen LogP contribution in [0.3, 0.4) is 0 Å². The predicted octanol–water partition coefficient (Wildman–Crippen LogP) is 3.65. The van der Waals surface area contributed by atoms with E-state index >= 15 is 0 Å². The molecule has 0 saturated heterocycles. The van der Waals surface area contributed by atoms with Crippen LogP contribution >= 0.6 is 0 Å². The van der Waals surface area contributed by atoms with Crippen LogP contribution in [-0.4, -0.2) is 57.4 Å². The van der Waals surface area contributed by atoms with E-state index in [0.717, 1.165) is 6.07 Å². The van der Waals surface area contributed by atoms with Crippen molar-refractivity contribution in [2.45, 2.75) is 26.3 Å². The first-order chi connectivity index (χ1) is 17.5. The molecule has 0 unspecified atom stereocenters. The second-order valence-electron chi connectivity index (χ2n) is 8.22. The van der Waals surface area contributed by atoms with Crippen LogP contribution in [0.15, 0.2) is 36.8 Å². The van der Waals surface area contributed by atoms with Crippen LogP contribution in [0.2, 0.25) is 0 Å². The minimum atomic E-state index is -4.79. The van der Waals surface area contributed by atoms with E-state index in [2.05, 4.69) is 30.3 Å². The summed E-state index contributed by atoms with van der Waals surface area (Å²) in [5, 5.41) is 6.22. The monoisotopic (exact) mass is 521 g/mol. The molecule has 37 heavy (non-hydrogen) atoms. The molecule has 0 aliphatic carbocycles. The van der Waals surface area contributed by atoms with Gasteiger partial charge in [0.15, 0.2) is 11.5 Å². The van der Waals surface area contributed by atoms with Crippen molar-refractivity contribution >= 4 is 33.8 Å². The summed E-state index contributed by atoms with van der Waals surface area (Å²) in [4.78, 5) is 25.5. The number of hydrogen-bond acceptors (Lipinski definition) is 8. The third-order valence-electron chi connectivity index (χ3n) is 5.05. The van der Waals surface area contributed by atoms with Crippen LogP contribution in [0.1, 0.15) is 23.0 Å². The van der Waals surface area contributed by atoms with E-state index in [-0.39, 0.29) is 34.5 Å². The number of ether oxygens (including phenoxy) is 2. The predicted molar refractivity (Wildman–Crippen MR) is 127 cm³/mol. The maximum absolute atomic E-state index is 14.5. The zero-order chi connectivity index (χ0) is 26.7. The van der Waals surface area contributed by atoms with Crippen molar-refractivity contribution in [2.24, 2.45) is 5.73 Å². The fraction of sp³-hybridized carbons (Fsp3) is 0.304. The number of rotatable bonds is 9. The first-order valence-corrected chi connectivity index (χ1v) is 11.1. The average molecular weight is 521 g/mol. The molecule has 0 aliphatic rings. The Morgan fingerprint density at radius 2 is 2.00 bits per heavy atom. The van der Waals surface area contributed by atoms with Gasteiger partial charge in [-0.2, -0.15) is 4.98 Å². The van der Waals surface area contributed by atoms with Gasteiger partial charge in [0.25, 0.3) is 5.91 Å². The molecule has 1 aromatic carbocycles. The number of nitrogens with one attached hydrogen (secondary N) is 2. The zero-order valence-electron chi connectivity index (χ0n) is 19.8. The highest BCUT2D eigenvalue weighted by Gasteiger charge is 2.28. The lowest BCUT2D eigenvalue weighted by molar-refractivity contribution is -0.325. The lowest BCUT2D eigenvalue weighted by atomic mass is 10.1. The van der Waals surface area contributed by atoms with E-state index < -0.39 is 31.3 Å². The molecule has 1 atom stereocenters. The Labute approximate surface area is 207 Å². The Kier molecular flexibility index (Phi) is 7.40. The molecule has 4 N–H and O–H groups in total. The third kappa shape index (κ3) is 6.40. The lowest BCUT2D eigenvalue weighted by Crippen LogP contribution is -2.25.